The summed E-state index contributed by atoms with van der Waals surface area (Å²) >= 11 is 0. The molecule has 1 aromatic carbocycles. The second-order valence-corrected chi connectivity index (χ2v) is 13.4. The summed E-state index contributed by atoms with van der Waals surface area (Å²) in [5.74, 6) is -2.17. The van der Waals surface area contributed by atoms with Crippen LogP contribution in [0.15, 0.2) is 18.2 Å². The molecule has 4 amide bonds. The maximum atomic E-state index is 13.2. The van der Waals surface area contributed by atoms with Crippen molar-refractivity contribution < 1.29 is 76.0 Å². The van der Waals surface area contributed by atoms with E-state index >= 15 is 0 Å². The lowest BCUT2D eigenvalue weighted by Gasteiger charge is -2.27. The first-order valence-electron chi connectivity index (χ1n) is 20.7. The number of carbonyl (C=O) groups excluding carboxylic acids is 4. The predicted octanol–water partition coefficient (Wildman–Crippen LogP) is 1.21. The second-order valence-electron chi connectivity index (χ2n) is 13.4. The summed E-state index contributed by atoms with van der Waals surface area (Å²) in [7, 11) is 0. The van der Waals surface area contributed by atoms with Crippen LogP contribution in [0.2, 0.25) is 0 Å². The van der Waals surface area contributed by atoms with Crippen molar-refractivity contribution in [1.82, 2.24) is 10.2 Å². The van der Waals surface area contributed by atoms with E-state index in [2.05, 4.69) is 10.6 Å². The Kier molecular flexibility index (Phi) is 25.3. The molecule has 0 spiro atoms. The van der Waals surface area contributed by atoms with Gasteiger partial charge in [-0.1, -0.05) is 6.07 Å². The van der Waals surface area contributed by atoms with Crippen molar-refractivity contribution in [2.75, 3.05) is 157 Å². The highest BCUT2D eigenvalue weighted by atomic mass is 16.7. The zero-order chi connectivity index (χ0) is 41.6. The van der Waals surface area contributed by atoms with Crippen molar-refractivity contribution in [2.24, 2.45) is 0 Å². The van der Waals surface area contributed by atoms with Crippen molar-refractivity contribution in [3.05, 3.63) is 29.3 Å². The molecular formula is C40H63N3O16. The molecule has 334 valence electrons. The van der Waals surface area contributed by atoms with E-state index < -0.39 is 29.7 Å². The Bertz CT molecular complexity index is 1350. The number of carbonyl (C=O) groups is 4. The van der Waals surface area contributed by atoms with E-state index in [9.17, 15) is 19.2 Å². The van der Waals surface area contributed by atoms with Crippen LogP contribution in [0, 0.1) is 0 Å². The third kappa shape index (κ3) is 19.4. The summed E-state index contributed by atoms with van der Waals surface area (Å²) in [6.45, 7) is 10.9. The molecule has 0 saturated carbocycles. The average molecular weight is 842 g/mol. The first kappa shape index (κ1) is 48.5. The number of rotatable bonds is 36. The Labute approximate surface area is 346 Å². The summed E-state index contributed by atoms with van der Waals surface area (Å²) in [6, 6.07) is 3.90. The van der Waals surface area contributed by atoms with E-state index in [1.165, 1.54) is 0 Å². The van der Waals surface area contributed by atoms with Crippen LogP contribution in [0.5, 0.6) is 0 Å². The Morgan fingerprint density at radius 2 is 1.05 bits per heavy atom. The number of nitrogens with zero attached hydrogens (tertiary/aromatic N) is 1. The molecule has 0 bridgehead atoms. The van der Waals surface area contributed by atoms with Crippen LogP contribution in [0.1, 0.15) is 52.8 Å². The molecule has 0 aromatic heterocycles. The van der Waals surface area contributed by atoms with E-state index in [4.69, 9.17) is 56.8 Å². The number of fused-ring (bicyclic) bond motifs is 1. The zero-order valence-corrected chi connectivity index (χ0v) is 34.2. The van der Waals surface area contributed by atoms with Gasteiger partial charge < -0.3 is 62.2 Å². The van der Waals surface area contributed by atoms with Gasteiger partial charge in [0, 0.05) is 25.3 Å². The van der Waals surface area contributed by atoms with Crippen molar-refractivity contribution >= 4 is 29.3 Å². The van der Waals surface area contributed by atoms with Crippen LogP contribution in [0.4, 0.5) is 5.69 Å². The summed E-state index contributed by atoms with van der Waals surface area (Å²) in [5.41, 5.74) is 0.906. The second kappa shape index (κ2) is 30.8. The van der Waals surface area contributed by atoms with Gasteiger partial charge in [0.05, 0.1) is 150 Å². The number of amides is 4. The third-order valence-corrected chi connectivity index (χ3v) is 9.05. The minimum atomic E-state index is -1.01. The monoisotopic (exact) mass is 841 g/mol. The molecule has 0 aliphatic carbocycles. The van der Waals surface area contributed by atoms with Crippen molar-refractivity contribution in [3.8, 4) is 0 Å². The van der Waals surface area contributed by atoms with Gasteiger partial charge >= 0.3 is 0 Å². The highest BCUT2D eigenvalue weighted by molar-refractivity contribution is 6.25. The van der Waals surface area contributed by atoms with Crippen molar-refractivity contribution in [1.29, 1.82) is 0 Å². The van der Waals surface area contributed by atoms with Crippen LogP contribution in [-0.4, -0.2) is 193 Å². The largest absolute Gasteiger partial charge is 0.382 e. The Morgan fingerprint density at radius 3 is 1.51 bits per heavy atom. The molecule has 2 saturated heterocycles. The molecule has 4 rings (SSSR count). The molecule has 3 aliphatic heterocycles. The van der Waals surface area contributed by atoms with Gasteiger partial charge in [0.25, 0.3) is 11.8 Å². The molecular weight excluding hydrogens is 778 g/mol. The number of ether oxygens (including phenoxy) is 12. The van der Waals surface area contributed by atoms with Gasteiger partial charge in [-0.2, -0.15) is 0 Å². The quantitative estimate of drug-likeness (QED) is 0.0720. The third-order valence-electron chi connectivity index (χ3n) is 9.05. The molecule has 59 heavy (non-hydrogen) atoms. The van der Waals surface area contributed by atoms with E-state index in [-0.39, 0.29) is 30.3 Å². The maximum absolute atomic E-state index is 13.2. The lowest BCUT2D eigenvalue weighted by Crippen LogP contribution is -2.54. The fourth-order valence-electron chi connectivity index (χ4n) is 6.08. The van der Waals surface area contributed by atoms with Crippen LogP contribution in [-0.2, 0) is 66.4 Å². The van der Waals surface area contributed by atoms with E-state index in [0.717, 1.165) is 30.8 Å². The van der Waals surface area contributed by atoms with Crippen LogP contribution < -0.4 is 10.6 Å². The Hall–Kier alpha value is -3.18. The average Bonchev–Trinajstić information content (AvgIpc) is 3.50. The van der Waals surface area contributed by atoms with Gasteiger partial charge in [-0.05, 0) is 37.8 Å². The van der Waals surface area contributed by atoms with Gasteiger partial charge in [0.1, 0.15) is 6.04 Å². The van der Waals surface area contributed by atoms with Gasteiger partial charge in [-0.25, -0.2) is 0 Å². The molecule has 0 radical (unpaired) electrons. The van der Waals surface area contributed by atoms with Gasteiger partial charge in [-0.3, -0.25) is 29.4 Å². The minimum absolute atomic E-state index is 0.0650. The van der Waals surface area contributed by atoms with Crippen molar-refractivity contribution in [2.45, 2.75) is 44.4 Å². The fourth-order valence-corrected chi connectivity index (χ4v) is 6.08. The van der Waals surface area contributed by atoms with E-state index in [1.54, 1.807) is 18.2 Å². The predicted molar refractivity (Wildman–Crippen MR) is 209 cm³/mol. The summed E-state index contributed by atoms with van der Waals surface area (Å²) in [4.78, 5) is 50.9. The minimum Gasteiger partial charge on any atom is -0.382 e. The van der Waals surface area contributed by atoms with Crippen LogP contribution in [0.3, 0.4) is 0 Å². The lowest BCUT2D eigenvalue weighted by atomic mass is 10.0. The summed E-state index contributed by atoms with van der Waals surface area (Å²) in [5, 5.41) is 5.33. The number of imide groups is 2. The number of nitrogens with one attached hydrogen (secondary N) is 2. The van der Waals surface area contributed by atoms with Gasteiger partial charge in [-0.15, -0.1) is 0 Å². The SMILES string of the molecule is O=C1CCC(N2C(=O)c3cccc(NCCOCCOCCOCCOCCOCCOCCOCCOCCOCCOCCOC4CCCCO4)c3C2=O)C(=O)N1. The number of hydrogen-bond acceptors (Lipinski definition) is 17. The first-order chi connectivity index (χ1) is 29.1. The normalized spacial score (nSPS) is 18.1. The number of benzene rings is 1. The first-order valence-corrected chi connectivity index (χ1v) is 20.7. The molecule has 2 N–H and O–H groups in total. The molecule has 19 heteroatoms. The Balaban J connectivity index is 0.813. The molecule has 2 unspecified atom stereocenters. The van der Waals surface area contributed by atoms with E-state index in [1.807, 2.05) is 0 Å². The van der Waals surface area contributed by atoms with Crippen molar-refractivity contribution in [3.63, 3.8) is 0 Å². The highest BCUT2D eigenvalue weighted by Crippen LogP contribution is 2.32. The fraction of sp³-hybridized carbons (Fsp3) is 0.750. The standard InChI is InChI=1S/C40H63N3O16/c44-35-8-7-34(38(45)42-35)43-39(46)32-4-3-5-33(37(32)40(43)47)41-9-11-48-12-13-49-14-15-50-16-17-51-18-19-52-20-21-53-22-23-54-24-25-55-26-27-56-28-29-57-30-31-59-36-6-1-2-10-58-36/h3-5,34,36,41H,1-2,6-31H2,(H,42,44,45). The smallest absolute Gasteiger partial charge is 0.264 e. The summed E-state index contributed by atoms with van der Waals surface area (Å²) in [6.07, 6.45) is 3.31. The highest BCUT2D eigenvalue weighted by Gasteiger charge is 2.45. The number of piperidine rings is 1. The number of anilines is 1. The van der Waals surface area contributed by atoms with Crippen LogP contribution in [0.25, 0.3) is 0 Å². The zero-order valence-electron chi connectivity index (χ0n) is 34.2. The molecule has 3 heterocycles. The molecule has 1 aromatic rings. The van der Waals surface area contributed by atoms with Gasteiger partial charge in [0.15, 0.2) is 6.29 Å². The lowest BCUT2D eigenvalue weighted by molar-refractivity contribution is -0.169. The number of hydrogen-bond donors (Lipinski definition) is 2. The maximum Gasteiger partial charge on any atom is 0.264 e. The molecule has 3 aliphatic rings. The molecule has 2 fully saturated rings. The summed E-state index contributed by atoms with van der Waals surface area (Å²) < 4.78 is 66.2. The van der Waals surface area contributed by atoms with Gasteiger partial charge in [0.2, 0.25) is 11.8 Å². The molecule has 2 atom stereocenters. The van der Waals surface area contributed by atoms with E-state index in [0.29, 0.717) is 151 Å². The molecule has 19 nitrogen and oxygen atoms in total. The topological polar surface area (TPSA) is 206 Å². The van der Waals surface area contributed by atoms with Crippen LogP contribution >= 0.6 is 0 Å². The Morgan fingerprint density at radius 1 is 0.576 bits per heavy atom.